The minimum atomic E-state index is -4.34. The first kappa shape index (κ1) is 14.7. The smallest absolute Gasteiger partial charge is 0.366 e. The Bertz CT molecular complexity index is 701. The van der Waals surface area contributed by atoms with Gasteiger partial charge < -0.3 is 9.05 Å². The summed E-state index contributed by atoms with van der Waals surface area (Å²) in [7, 11) is -8.57. The van der Waals surface area contributed by atoms with Crippen LogP contribution in [0.2, 0.25) is 0 Å². The van der Waals surface area contributed by atoms with Crippen molar-refractivity contribution in [2.45, 2.75) is 0 Å². The molecule has 2 N–H and O–H groups in total. The van der Waals surface area contributed by atoms with E-state index in [4.69, 9.17) is 30.2 Å². The highest BCUT2D eigenvalue weighted by molar-refractivity contribution is 7.81. The number of benzene rings is 1. The van der Waals surface area contributed by atoms with E-state index in [-0.39, 0.29) is 10.9 Å². The van der Waals surface area contributed by atoms with Gasteiger partial charge in [0.25, 0.3) is 10.3 Å². The molecular weight excluding hydrogens is 360 g/mol. The number of phosphoric acid groups is 1. The molecule has 1 radical (unpaired) electrons. The Hall–Kier alpha value is -1.22. The molecule has 111 valence electrons. The lowest BCUT2D eigenvalue weighted by Gasteiger charge is -2.26. The third kappa shape index (κ3) is 2.89. The van der Waals surface area contributed by atoms with Gasteiger partial charge in [-0.25, -0.2) is 20.0 Å². The predicted octanol–water partition coefficient (Wildman–Crippen LogP) is 2.18. The SMILES string of the molecule is O=P12OC(=S)NOP(=O)(O1)N(c1[c]cccc1)NC(=S)O2. The molecule has 2 aliphatic rings. The molecular formula is C8H6N3O6P2S2. The Morgan fingerprint density at radius 2 is 1.95 bits per heavy atom. The highest BCUT2D eigenvalue weighted by Gasteiger charge is 2.53. The molecule has 2 fully saturated rings. The maximum atomic E-state index is 12.8. The summed E-state index contributed by atoms with van der Waals surface area (Å²) in [4.78, 5) is 0. The third-order valence-corrected chi connectivity index (χ3v) is 6.35. The lowest BCUT2D eigenvalue weighted by Crippen LogP contribution is -2.40. The molecule has 0 spiro atoms. The van der Waals surface area contributed by atoms with Crippen LogP contribution < -0.4 is 15.7 Å². The monoisotopic (exact) mass is 366 g/mol. The van der Waals surface area contributed by atoms with Crippen LogP contribution in [0.5, 0.6) is 0 Å². The molecule has 2 atom stereocenters. The summed E-state index contributed by atoms with van der Waals surface area (Å²) >= 11 is 9.51. The van der Waals surface area contributed by atoms with Gasteiger partial charge in [-0.2, -0.15) is 13.7 Å². The van der Waals surface area contributed by atoms with E-state index in [1.165, 1.54) is 0 Å². The van der Waals surface area contributed by atoms with Crippen LogP contribution >= 0.6 is 40.0 Å². The number of rotatable bonds is 1. The van der Waals surface area contributed by atoms with Crippen molar-refractivity contribution >= 4 is 56.0 Å². The Balaban J connectivity index is 2.09. The minimum Gasteiger partial charge on any atom is -0.366 e. The maximum Gasteiger partial charge on any atom is 0.600 e. The lowest BCUT2D eigenvalue weighted by atomic mass is 10.3. The second-order valence-corrected chi connectivity index (χ2v) is 7.79. The summed E-state index contributed by atoms with van der Waals surface area (Å²) in [6, 6.07) is 9.24. The number of anilines is 1. The van der Waals surface area contributed by atoms with Crippen molar-refractivity contribution in [3.05, 3.63) is 30.3 Å². The quantitative estimate of drug-likeness (QED) is 0.565. The zero-order valence-corrected chi connectivity index (χ0v) is 13.3. The number of nitrogens with one attached hydrogen (secondary N) is 2. The van der Waals surface area contributed by atoms with E-state index >= 15 is 0 Å². The Kier molecular flexibility index (Phi) is 3.64. The zero-order chi connectivity index (χ0) is 15.1. The number of hydrogen-bond acceptors (Lipinski definition) is 8. The van der Waals surface area contributed by atoms with Gasteiger partial charge >= 0.3 is 15.6 Å². The van der Waals surface area contributed by atoms with Crippen molar-refractivity contribution in [1.82, 2.24) is 10.9 Å². The van der Waals surface area contributed by atoms with Gasteiger partial charge in [-0.3, -0.25) is 0 Å². The molecule has 21 heavy (non-hydrogen) atoms. The highest BCUT2D eigenvalue weighted by Crippen LogP contribution is 2.69. The van der Waals surface area contributed by atoms with Crippen molar-refractivity contribution < 1.29 is 27.1 Å². The highest BCUT2D eigenvalue weighted by atomic mass is 32.1. The van der Waals surface area contributed by atoms with Crippen molar-refractivity contribution in [3.63, 3.8) is 0 Å². The van der Waals surface area contributed by atoms with Crippen LogP contribution in [0.4, 0.5) is 5.69 Å². The number of hydrogen-bond donors (Lipinski definition) is 2. The second-order valence-electron chi connectivity index (χ2n) is 3.62. The number of hydrazine groups is 1. The Labute approximate surface area is 129 Å². The molecule has 13 heteroatoms. The first-order chi connectivity index (χ1) is 9.90. The molecule has 2 saturated heterocycles. The van der Waals surface area contributed by atoms with Crippen molar-refractivity contribution in [2.24, 2.45) is 0 Å². The van der Waals surface area contributed by atoms with Gasteiger partial charge in [0.05, 0.1) is 5.69 Å². The van der Waals surface area contributed by atoms with E-state index in [1.807, 2.05) is 0 Å². The third-order valence-electron chi connectivity index (χ3n) is 2.20. The molecule has 1 aromatic carbocycles. The standard InChI is InChI=1S/C8H6N3O6P2S2/c12-18-11(6-4-2-1-3-5-6)9-7(20)14-19(13,17-18)15-8(21)10-16-18/h1-4H,(H,9,20)(H,10,21). The largest absolute Gasteiger partial charge is 0.600 e. The van der Waals surface area contributed by atoms with Gasteiger partial charge in [-0.1, -0.05) is 18.2 Å². The van der Waals surface area contributed by atoms with Gasteiger partial charge in [0.15, 0.2) is 0 Å². The van der Waals surface area contributed by atoms with Crippen LogP contribution in [-0.4, -0.2) is 10.3 Å². The van der Waals surface area contributed by atoms with Crippen LogP contribution in [0.3, 0.4) is 0 Å². The predicted molar refractivity (Wildman–Crippen MR) is 78.8 cm³/mol. The van der Waals surface area contributed by atoms with Crippen LogP contribution in [0.1, 0.15) is 0 Å². The molecule has 2 aliphatic heterocycles. The summed E-state index contributed by atoms with van der Waals surface area (Å²) in [5, 5.41) is -0.848. The molecule has 3 rings (SSSR count). The number of fused-ring (bicyclic) bond motifs is 2. The van der Waals surface area contributed by atoms with Gasteiger partial charge in [0.1, 0.15) is 0 Å². The average molecular weight is 366 g/mol. The lowest BCUT2D eigenvalue weighted by molar-refractivity contribution is 0.223. The number of nitrogens with zero attached hydrogens (tertiary/aromatic N) is 1. The van der Waals surface area contributed by atoms with Crippen molar-refractivity contribution in [1.29, 1.82) is 0 Å². The fourth-order valence-corrected chi connectivity index (χ4v) is 5.38. The molecule has 0 aliphatic carbocycles. The first-order valence-corrected chi connectivity index (χ1v) is 9.05. The fraction of sp³-hybridized carbons (Fsp3) is 0. The van der Waals surface area contributed by atoms with Crippen LogP contribution in [0, 0.1) is 6.07 Å². The molecule has 0 aromatic heterocycles. The summed E-state index contributed by atoms with van der Waals surface area (Å²) < 4.78 is 45.4. The molecule has 2 bridgehead atoms. The van der Waals surface area contributed by atoms with E-state index in [0.717, 1.165) is 4.78 Å². The second kappa shape index (κ2) is 5.20. The van der Waals surface area contributed by atoms with E-state index in [0.29, 0.717) is 0 Å². The normalized spacial score (nSPS) is 31.9. The number of hydroxylamine groups is 1. The minimum absolute atomic E-state index is 0.245. The summed E-state index contributed by atoms with van der Waals surface area (Å²) in [5.41, 5.74) is 4.74. The summed E-state index contributed by atoms with van der Waals surface area (Å²) in [5.74, 6) is 0. The fourth-order valence-electron chi connectivity index (χ4n) is 1.46. The Morgan fingerprint density at radius 3 is 2.67 bits per heavy atom. The molecule has 0 amide bonds. The molecule has 2 unspecified atom stereocenters. The van der Waals surface area contributed by atoms with E-state index in [2.05, 4.69) is 29.2 Å². The number of phosphoric ester groups is 1. The van der Waals surface area contributed by atoms with Crippen LogP contribution in [0.15, 0.2) is 24.3 Å². The van der Waals surface area contributed by atoms with Crippen molar-refractivity contribution in [3.8, 4) is 0 Å². The molecule has 1 aromatic rings. The topological polar surface area (TPSA) is 98.4 Å². The van der Waals surface area contributed by atoms with E-state index in [1.54, 1.807) is 24.3 Å². The maximum absolute atomic E-state index is 12.8. The van der Waals surface area contributed by atoms with Crippen LogP contribution in [0.25, 0.3) is 0 Å². The molecule has 9 nitrogen and oxygen atoms in total. The molecule has 2 heterocycles. The van der Waals surface area contributed by atoms with Gasteiger partial charge in [0.2, 0.25) is 0 Å². The molecule has 0 saturated carbocycles. The average Bonchev–Trinajstić information content (AvgIpc) is 2.59. The first-order valence-electron chi connectivity index (χ1n) is 5.27. The van der Waals surface area contributed by atoms with Gasteiger partial charge in [-0.05, 0) is 30.5 Å². The van der Waals surface area contributed by atoms with Gasteiger partial charge in [0, 0.05) is 6.07 Å². The van der Waals surface area contributed by atoms with Crippen molar-refractivity contribution in [2.75, 3.05) is 4.78 Å². The number of para-hydroxylation sites is 1. The summed E-state index contributed by atoms with van der Waals surface area (Å²) in [6.45, 7) is 0. The van der Waals surface area contributed by atoms with E-state index < -0.39 is 20.7 Å². The zero-order valence-electron chi connectivity index (χ0n) is 9.92. The Morgan fingerprint density at radius 1 is 1.19 bits per heavy atom. The summed E-state index contributed by atoms with van der Waals surface area (Å²) in [6.07, 6.45) is 0. The van der Waals surface area contributed by atoms with Gasteiger partial charge in [-0.15, -0.1) is 0 Å². The number of thiocarbonyl (C=S) groups is 2. The van der Waals surface area contributed by atoms with Crippen LogP contribution in [-0.2, 0) is 27.1 Å². The van der Waals surface area contributed by atoms with E-state index in [9.17, 15) is 9.13 Å².